The lowest BCUT2D eigenvalue weighted by molar-refractivity contribution is -0.118. The maximum atomic E-state index is 11.7. The van der Waals surface area contributed by atoms with E-state index in [4.69, 9.17) is 5.73 Å². The van der Waals surface area contributed by atoms with E-state index in [-0.39, 0.29) is 5.91 Å². The first-order valence-corrected chi connectivity index (χ1v) is 5.26. The molecule has 0 saturated carbocycles. The van der Waals surface area contributed by atoms with E-state index in [1.165, 1.54) is 5.56 Å². The maximum absolute atomic E-state index is 11.7. The van der Waals surface area contributed by atoms with E-state index >= 15 is 0 Å². The summed E-state index contributed by atoms with van der Waals surface area (Å²) in [5.74, 6) is 0.115. The Morgan fingerprint density at radius 3 is 2.40 bits per heavy atom. The van der Waals surface area contributed by atoms with Crippen molar-refractivity contribution in [3.05, 3.63) is 29.8 Å². The summed E-state index contributed by atoms with van der Waals surface area (Å²) in [6.45, 7) is 4.95. The molecule has 1 amide bonds. The van der Waals surface area contributed by atoms with Crippen molar-refractivity contribution in [3.8, 4) is 0 Å². The minimum absolute atomic E-state index is 0.115. The van der Waals surface area contributed by atoms with Crippen molar-refractivity contribution < 1.29 is 4.79 Å². The first kappa shape index (κ1) is 11.7. The number of benzene rings is 1. The Bertz CT molecular complexity index is 319. The molecule has 1 aromatic carbocycles. The van der Waals surface area contributed by atoms with E-state index in [0.717, 1.165) is 5.69 Å². The molecule has 0 radical (unpaired) electrons. The van der Waals surface area contributed by atoms with Crippen molar-refractivity contribution in [3.63, 3.8) is 0 Å². The molecule has 0 saturated heterocycles. The molecule has 2 N–H and O–H groups in total. The lowest BCUT2D eigenvalue weighted by atomic mass is 10.2. The second-order valence-electron chi connectivity index (χ2n) is 3.52. The van der Waals surface area contributed by atoms with E-state index < -0.39 is 0 Å². The van der Waals surface area contributed by atoms with Gasteiger partial charge in [0.2, 0.25) is 5.91 Å². The van der Waals surface area contributed by atoms with E-state index in [0.29, 0.717) is 19.5 Å². The van der Waals surface area contributed by atoms with Gasteiger partial charge in [-0.3, -0.25) is 4.79 Å². The van der Waals surface area contributed by atoms with Gasteiger partial charge in [0, 0.05) is 25.2 Å². The van der Waals surface area contributed by atoms with Gasteiger partial charge in [0.25, 0.3) is 0 Å². The van der Waals surface area contributed by atoms with Gasteiger partial charge in [0.05, 0.1) is 0 Å². The summed E-state index contributed by atoms with van der Waals surface area (Å²) in [5.41, 5.74) is 7.61. The van der Waals surface area contributed by atoms with Gasteiger partial charge in [-0.05, 0) is 19.1 Å². The van der Waals surface area contributed by atoms with Gasteiger partial charge >= 0.3 is 0 Å². The van der Waals surface area contributed by atoms with E-state index in [9.17, 15) is 4.79 Å². The number of hydrogen-bond acceptors (Lipinski definition) is 2. The Hall–Kier alpha value is -1.35. The average molecular weight is 206 g/mol. The largest absolute Gasteiger partial charge is 0.329 e. The van der Waals surface area contributed by atoms with Crippen LogP contribution in [0.2, 0.25) is 0 Å². The van der Waals surface area contributed by atoms with Crippen LogP contribution in [0.5, 0.6) is 0 Å². The lowest BCUT2D eigenvalue weighted by Gasteiger charge is -2.21. The molecule has 0 aliphatic heterocycles. The number of carbonyl (C=O) groups excluding carboxylic acids is 1. The van der Waals surface area contributed by atoms with E-state index in [1.807, 2.05) is 38.1 Å². The highest BCUT2D eigenvalue weighted by molar-refractivity contribution is 5.93. The summed E-state index contributed by atoms with van der Waals surface area (Å²) in [5, 5.41) is 0. The number of aryl methyl sites for hydroxylation is 1. The second kappa shape index (κ2) is 5.51. The molecular formula is C12H18N2O. The third-order valence-electron chi connectivity index (χ3n) is 2.30. The molecule has 1 rings (SSSR count). The third-order valence-corrected chi connectivity index (χ3v) is 2.30. The van der Waals surface area contributed by atoms with Crippen molar-refractivity contribution in [2.75, 3.05) is 18.0 Å². The molecule has 0 bridgehead atoms. The quantitative estimate of drug-likeness (QED) is 0.815. The van der Waals surface area contributed by atoms with Crippen LogP contribution in [0, 0.1) is 6.92 Å². The summed E-state index contributed by atoms with van der Waals surface area (Å²) < 4.78 is 0. The number of hydrogen-bond donors (Lipinski definition) is 1. The zero-order valence-corrected chi connectivity index (χ0v) is 9.36. The molecule has 0 atom stereocenters. The molecule has 1 aromatic rings. The molecule has 0 fully saturated rings. The van der Waals surface area contributed by atoms with Gasteiger partial charge in [-0.2, -0.15) is 0 Å². The maximum Gasteiger partial charge on any atom is 0.226 e. The Labute approximate surface area is 90.9 Å². The second-order valence-corrected chi connectivity index (χ2v) is 3.52. The minimum atomic E-state index is 0.115. The van der Waals surface area contributed by atoms with Gasteiger partial charge in [-0.25, -0.2) is 0 Å². The number of carbonyl (C=O) groups is 1. The van der Waals surface area contributed by atoms with Crippen LogP contribution in [0.3, 0.4) is 0 Å². The van der Waals surface area contributed by atoms with Crippen LogP contribution >= 0.6 is 0 Å². The first-order valence-electron chi connectivity index (χ1n) is 5.26. The third kappa shape index (κ3) is 3.06. The SMILES string of the molecule is CCC(=O)N(CCN)c1ccc(C)cc1. The van der Waals surface area contributed by atoms with Crippen LogP contribution in [0.1, 0.15) is 18.9 Å². The van der Waals surface area contributed by atoms with Crippen molar-refractivity contribution in [1.82, 2.24) is 0 Å². The molecule has 15 heavy (non-hydrogen) atoms. The number of nitrogens with zero attached hydrogens (tertiary/aromatic N) is 1. The van der Waals surface area contributed by atoms with Crippen LogP contribution in [-0.2, 0) is 4.79 Å². The number of nitrogens with two attached hydrogens (primary N) is 1. The van der Waals surface area contributed by atoms with Crippen molar-refractivity contribution in [2.24, 2.45) is 5.73 Å². The topological polar surface area (TPSA) is 46.3 Å². The van der Waals surface area contributed by atoms with Crippen LogP contribution < -0.4 is 10.6 Å². The molecule has 0 spiro atoms. The fourth-order valence-electron chi connectivity index (χ4n) is 1.44. The zero-order chi connectivity index (χ0) is 11.3. The smallest absolute Gasteiger partial charge is 0.226 e. The van der Waals surface area contributed by atoms with E-state index in [2.05, 4.69) is 0 Å². The van der Waals surface area contributed by atoms with Gasteiger partial charge in [-0.15, -0.1) is 0 Å². The fourth-order valence-corrected chi connectivity index (χ4v) is 1.44. The van der Waals surface area contributed by atoms with Crippen molar-refractivity contribution >= 4 is 11.6 Å². The van der Waals surface area contributed by atoms with Crippen LogP contribution in [-0.4, -0.2) is 19.0 Å². The summed E-state index contributed by atoms with van der Waals surface area (Å²) >= 11 is 0. The van der Waals surface area contributed by atoms with Gasteiger partial charge in [0.15, 0.2) is 0 Å². The summed E-state index contributed by atoms with van der Waals surface area (Å²) in [4.78, 5) is 13.4. The number of amides is 1. The standard InChI is InChI=1S/C12H18N2O/c1-3-12(15)14(9-8-13)11-6-4-10(2)5-7-11/h4-7H,3,8-9,13H2,1-2H3. The number of rotatable bonds is 4. The minimum Gasteiger partial charge on any atom is -0.329 e. The molecule has 3 nitrogen and oxygen atoms in total. The highest BCUT2D eigenvalue weighted by atomic mass is 16.2. The molecular weight excluding hydrogens is 188 g/mol. The average Bonchev–Trinajstić information content (AvgIpc) is 2.26. The van der Waals surface area contributed by atoms with Crippen LogP contribution in [0.15, 0.2) is 24.3 Å². The normalized spacial score (nSPS) is 10.1. The summed E-state index contributed by atoms with van der Waals surface area (Å²) in [7, 11) is 0. The number of anilines is 1. The molecule has 0 unspecified atom stereocenters. The van der Waals surface area contributed by atoms with Gasteiger partial charge < -0.3 is 10.6 Å². The molecule has 3 heteroatoms. The Morgan fingerprint density at radius 1 is 1.33 bits per heavy atom. The van der Waals surface area contributed by atoms with Crippen molar-refractivity contribution in [1.29, 1.82) is 0 Å². The monoisotopic (exact) mass is 206 g/mol. The Morgan fingerprint density at radius 2 is 1.93 bits per heavy atom. The first-order chi connectivity index (χ1) is 7.19. The summed E-state index contributed by atoms with van der Waals surface area (Å²) in [6, 6.07) is 7.92. The van der Waals surface area contributed by atoms with Crippen LogP contribution in [0.4, 0.5) is 5.69 Å². The van der Waals surface area contributed by atoms with E-state index in [1.54, 1.807) is 4.90 Å². The molecule has 82 valence electrons. The predicted octanol–water partition coefficient (Wildman–Crippen LogP) is 1.70. The molecule has 0 heterocycles. The van der Waals surface area contributed by atoms with Gasteiger partial charge in [0.1, 0.15) is 0 Å². The molecule has 0 aliphatic rings. The van der Waals surface area contributed by atoms with Gasteiger partial charge in [-0.1, -0.05) is 24.6 Å². The Balaban J connectivity index is 2.88. The highest BCUT2D eigenvalue weighted by Gasteiger charge is 2.12. The fraction of sp³-hybridized carbons (Fsp3) is 0.417. The predicted molar refractivity (Wildman–Crippen MR) is 62.9 cm³/mol. The zero-order valence-electron chi connectivity index (χ0n) is 9.36. The van der Waals surface area contributed by atoms with Crippen molar-refractivity contribution in [2.45, 2.75) is 20.3 Å². The molecule has 0 aromatic heterocycles. The Kier molecular flexibility index (Phi) is 4.31. The lowest BCUT2D eigenvalue weighted by Crippen LogP contribution is -2.34. The summed E-state index contributed by atoms with van der Waals surface area (Å²) in [6.07, 6.45) is 0.508. The van der Waals surface area contributed by atoms with Crippen LogP contribution in [0.25, 0.3) is 0 Å². The molecule has 0 aliphatic carbocycles. The highest BCUT2D eigenvalue weighted by Crippen LogP contribution is 2.15.